The van der Waals surface area contributed by atoms with Crippen LogP contribution in [0.5, 0.6) is 11.5 Å². The van der Waals surface area contributed by atoms with Crippen LogP contribution in [-0.2, 0) is 4.79 Å². The number of nitrogens with zero attached hydrogens (tertiary/aromatic N) is 1. The van der Waals surface area contributed by atoms with E-state index in [0.717, 1.165) is 24.5 Å². The van der Waals surface area contributed by atoms with Crippen molar-refractivity contribution in [1.82, 2.24) is 16.0 Å². The third-order valence-corrected chi connectivity index (χ3v) is 3.45. The van der Waals surface area contributed by atoms with Crippen molar-refractivity contribution in [2.75, 3.05) is 33.3 Å². The van der Waals surface area contributed by atoms with E-state index in [1.165, 1.54) is 0 Å². The molecule has 1 rings (SSSR count). The van der Waals surface area contributed by atoms with Gasteiger partial charge in [0.2, 0.25) is 5.91 Å². The van der Waals surface area contributed by atoms with E-state index < -0.39 is 0 Å². The molecule has 3 N–H and O–H groups in total. The fraction of sp³-hybridized carbons (Fsp3) is 0.579. The van der Waals surface area contributed by atoms with E-state index in [1.54, 1.807) is 7.11 Å². The molecule has 0 aromatic heterocycles. The molecule has 8 heteroatoms. The highest BCUT2D eigenvalue weighted by molar-refractivity contribution is 14.0. The molecule has 1 aromatic rings. The molecule has 1 amide bonds. The lowest BCUT2D eigenvalue weighted by Crippen LogP contribution is -2.40. The van der Waals surface area contributed by atoms with E-state index in [-0.39, 0.29) is 36.0 Å². The van der Waals surface area contributed by atoms with Crippen LogP contribution >= 0.6 is 24.0 Å². The first-order valence-corrected chi connectivity index (χ1v) is 9.18. The Kier molecular flexibility index (Phi) is 14.4. The van der Waals surface area contributed by atoms with Crippen molar-refractivity contribution in [2.45, 2.75) is 39.7 Å². The van der Waals surface area contributed by atoms with Crippen LogP contribution in [0.4, 0.5) is 0 Å². The lowest BCUT2D eigenvalue weighted by Gasteiger charge is -2.15. The Morgan fingerprint density at radius 1 is 1.15 bits per heavy atom. The molecule has 7 nitrogen and oxygen atoms in total. The number of hydrogen-bond acceptors (Lipinski definition) is 4. The third-order valence-electron chi connectivity index (χ3n) is 3.45. The zero-order valence-corrected chi connectivity index (χ0v) is 19.0. The zero-order valence-electron chi connectivity index (χ0n) is 16.7. The molecule has 1 unspecified atom stereocenters. The SMILES string of the molecule is CCCNC(=O)CCNC(=NCC(C)Oc1cccc(OC)c1)NCC.I. The van der Waals surface area contributed by atoms with E-state index in [1.807, 2.05) is 45.0 Å². The summed E-state index contributed by atoms with van der Waals surface area (Å²) in [5, 5.41) is 9.19. The van der Waals surface area contributed by atoms with Crippen molar-refractivity contribution in [3.63, 3.8) is 0 Å². The van der Waals surface area contributed by atoms with Gasteiger partial charge in [-0.05, 0) is 32.4 Å². The number of amides is 1. The fourth-order valence-electron chi connectivity index (χ4n) is 2.15. The number of carbonyl (C=O) groups excluding carboxylic acids is 1. The number of methoxy groups -OCH3 is 1. The average molecular weight is 492 g/mol. The first kappa shape index (κ1) is 25.3. The third kappa shape index (κ3) is 11.6. The minimum atomic E-state index is -0.0922. The van der Waals surface area contributed by atoms with Gasteiger partial charge in [-0.15, -0.1) is 24.0 Å². The Morgan fingerprint density at radius 2 is 1.89 bits per heavy atom. The Balaban J connectivity index is 0.00000676. The van der Waals surface area contributed by atoms with Crippen molar-refractivity contribution >= 4 is 35.8 Å². The van der Waals surface area contributed by atoms with Gasteiger partial charge in [0.15, 0.2) is 5.96 Å². The van der Waals surface area contributed by atoms with Crippen molar-refractivity contribution in [3.8, 4) is 11.5 Å². The number of aliphatic imine (C=N–C) groups is 1. The molecule has 1 aromatic carbocycles. The summed E-state index contributed by atoms with van der Waals surface area (Å²) in [6, 6.07) is 7.50. The maximum atomic E-state index is 11.6. The summed E-state index contributed by atoms with van der Waals surface area (Å²) in [7, 11) is 1.63. The maximum absolute atomic E-state index is 11.6. The Bertz CT molecular complexity index is 570. The van der Waals surface area contributed by atoms with Crippen LogP contribution in [0.15, 0.2) is 29.3 Å². The molecule has 0 heterocycles. The van der Waals surface area contributed by atoms with Gasteiger partial charge in [0.05, 0.1) is 13.7 Å². The Morgan fingerprint density at radius 3 is 2.56 bits per heavy atom. The smallest absolute Gasteiger partial charge is 0.221 e. The van der Waals surface area contributed by atoms with Gasteiger partial charge in [-0.1, -0.05) is 13.0 Å². The van der Waals surface area contributed by atoms with Gasteiger partial charge in [-0.3, -0.25) is 4.79 Å². The van der Waals surface area contributed by atoms with Gasteiger partial charge in [-0.25, -0.2) is 4.99 Å². The average Bonchev–Trinajstić information content (AvgIpc) is 2.64. The highest BCUT2D eigenvalue weighted by atomic mass is 127. The molecule has 154 valence electrons. The first-order chi connectivity index (χ1) is 12.6. The first-order valence-electron chi connectivity index (χ1n) is 9.18. The van der Waals surface area contributed by atoms with Crippen LogP contribution in [0.3, 0.4) is 0 Å². The molecule has 0 aliphatic heterocycles. The predicted octanol–water partition coefficient (Wildman–Crippen LogP) is 2.55. The largest absolute Gasteiger partial charge is 0.497 e. The lowest BCUT2D eigenvalue weighted by molar-refractivity contribution is -0.120. The Hall–Kier alpha value is -1.71. The molecule has 0 aliphatic carbocycles. The highest BCUT2D eigenvalue weighted by Gasteiger charge is 2.06. The van der Waals surface area contributed by atoms with E-state index >= 15 is 0 Å². The topological polar surface area (TPSA) is 84.0 Å². The van der Waals surface area contributed by atoms with E-state index in [4.69, 9.17) is 9.47 Å². The summed E-state index contributed by atoms with van der Waals surface area (Å²) in [5.74, 6) is 2.23. The number of ether oxygens (including phenoxy) is 2. The van der Waals surface area contributed by atoms with E-state index in [2.05, 4.69) is 20.9 Å². The number of benzene rings is 1. The van der Waals surface area contributed by atoms with Gasteiger partial charge in [0.1, 0.15) is 17.6 Å². The minimum Gasteiger partial charge on any atom is -0.497 e. The van der Waals surface area contributed by atoms with Crippen molar-refractivity contribution in [3.05, 3.63) is 24.3 Å². The van der Waals surface area contributed by atoms with Gasteiger partial charge in [-0.2, -0.15) is 0 Å². The predicted molar refractivity (Wildman–Crippen MR) is 120 cm³/mol. The lowest BCUT2D eigenvalue weighted by atomic mass is 10.3. The second-order valence-corrected chi connectivity index (χ2v) is 5.85. The van der Waals surface area contributed by atoms with Crippen LogP contribution in [0.2, 0.25) is 0 Å². The molecule has 0 saturated carbocycles. The van der Waals surface area contributed by atoms with E-state index in [9.17, 15) is 4.79 Å². The maximum Gasteiger partial charge on any atom is 0.221 e. The van der Waals surface area contributed by atoms with Gasteiger partial charge in [0.25, 0.3) is 0 Å². The number of rotatable bonds is 11. The van der Waals surface area contributed by atoms with Crippen LogP contribution in [-0.4, -0.2) is 51.3 Å². The minimum absolute atomic E-state index is 0. The number of nitrogens with one attached hydrogen (secondary N) is 3. The van der Waals surface area contributed by atoms with Crippen molar-refractivity contribution < 1.29 is 14.3 Å². The quantitative estimate of drug-likeness (QED) is 0.251. The van der Waals surface area contributed by atoms with Crippen LogP contribution in [0.25, 0.3) is 0 Å². The van der Waals surface area contributed by atoms with Crippen LogP contribution in [0.1, 0.15) is 33.6 Å². The molecule has 0 spiro atoms. The molecule has 27 heavy (non-hydrogen) atoms. The number of carbonyl (C=O) groups is 1. The second-order valence-electron chi connectivity index (χ2n) is 5.85. The summed E-state index contributed by atoms with van der Waals surface area (Å²) in [4.78, 5) is 16.1. The van der Waals surface area contributed by atoms with Crippen molar-refractivity contribution in [2.24, 2.45) is 4.99 Å². The van der Waals surface area contributed by atoms with Crippen molar-refractivity contribution in [1.29, 1.82) is 0 Å². The summed E-state index contributed by atoms with van der Waals surface area (Å²) in [5.41, 5.74) is 0. The molecule has 0 radical (unpaired) electrons. The van der Waals surface area contributed by atoms with Gasteiger partial charge < -0.3 is 25.4 Å². The number of hydrogen-bond donors (Lipinski definition) is 3. The number of guanidine groups is 1. The molecule has 0 bridgehead atoms. The molecule has 0 aliphatic rings. The van der Waals surface area contributed by atoms with Gasteiger partial charge in [0, 0.05) is 32.1 Å². The van der Waals surface area contributed by atoms with E-state index in [0.29, 0.717) is 32.0 Å². The van der Waals surface area contributed by atoms with Crippen LogP contribution in [0, 0.1) is 0 Å². The molecular weight excluding hydrogens is 459 g/mol. The summed E-state index contributed by atoms with van der Waals surface area (Å²) < 4.78 is 11.1. The highest BCUT2D eigenvalue weighted by Crippen LogP contribution is 2.19. The normalized spacial score (nSPS) is 11.8. The molecular formula is C19H33IN4O3. The second kappa shape index (κ2) is 15.4. The summed E-state index contributed by atoms with van der Waals surface area (Å²) in [6.45, 7) is 8.49. The van der Waals surface area contributed by atoms with Gasteiger partial charge >= 0.3 is 0 Å². The van der Waals surface area contributed by atoms with Crippen LogP contribution < -0.4 is 25.4 Å². The summed E-state index contributed by atoms with van der Waals surface area (Å²) >= 11 is 0. The molecule has 1 atom stereocenters. The zero-order chi connectivity index (χ0) is 19.2. The number of halogens is 1. The molecule has 0 saturated heterocycles. The fourth-order valence-corrected chi connectivity index (χ4v) is 2.15. The monoisotopic (exact) mass is 492 g/mol. The Labute approximate surface area is 179 Å². The molecule has 0 fully saturated rings. The standard InChI is InChI=1S/C19H32N4O3.HI/c1-5-11-21-18(24)10-12-22-19(20-6-2)23-14-15(3)26-17-9-7-8-16(13-17)25-4;/h7-9,13,15H,5-6,10-12,14H2,1-4H3,(H,21,24)(H2,20,22,23);1H. The summed E-state index contributed by atoms with van der Waals surface area (Å²) in [6.07, 6.45) is 1.26.